The Hall–Kier alpha value is -1.71. The molecule has 1 aromatic carbocycles. The molecule has 92 valence electrons. The fourth-order valence-electron chi connectivity index (χ4n) is 2.03. The maximum Gasteiger partial charge on any atom is 0.250 e. The summed E-state index contributed by atoms with van der Waals surface area (Å²) in [6.07, 6.45) is 2.56. The second kappa shape index (κ2) is 4.65. The third kappa shape index (κ3) is 2.70. The zero-order chi connectivity index (χ0) is 12.4. The van der Waals surface area contributed by atoms with Crippen molar-refractivity contribution in [3.63, 3.8) is 0 Å². The number of carbonyl (C=O) groups is 1. The first-order chi connectivity index (χ1) is 8.11. The van der Waals surface area contributed by atoms with Crippen LogP contribution in [0.4, 0.5) is 11.4 Å². The minimum absolute atomic E-state index is 0.394. The molecule has 4 nitrogen and oxygen atoms in total. The highest BCUT2D eigenvalue weighted by atomic mass is 16.1. The van der Waals surface area contributed by atoms with Gasteiger partial charge in [-0.25, -0.2) is 0 Å². The van der Waals surface area contributed by atoms with E-state index in [-0.39, 0.29) is 0 Å². The predicted octanol–water partition coefficient (Wildman–Crippen LogP) is 1.60. The molecule has 0 atom stereocenters. The Balaban J connectivity index is 2.31. The Morgan fingerprint density at radius 2 is 2.18 bits per heavy atom. The summed E-state index contributed by atoms with van der Waals surface area (Å²) in [7, 11) is 0. The summed E-state index contributed by atoms with van der Waals surface area (Å²) in [6, 6.07) is 5.27. The summed E-state index contributed by atoms with van der Waals surface area (Å²) >= 11 is 0. The number of nitrogen functional groups attached to an aromatic ring is 1. The van der Waals surface area contributed by atoms with Gasteiger partial charge in [-0.1, -0.05) is 0 Å². The maximum atomic E-state index is 11.4. The van der Waals surface area contributed by atoms with Crippen LogP contribution in [0.1, 0.15) is 30.1 Å². The number of hydrogen-bond donors (Lipinski definition) is 2. The quantitative estimate of drug-likeness (QED) is 0.759. The second-order valence-electron chi connectivity index (χ2n) is 4.62. The molecule has 1 aromatic rings. The molecule has 1 amide bonds. The van der Waals surface area contributed by atoms with Crippen molar-refractivity contribution in [1.29, 1.82) is 0 Å². The highest BCUT2D eigenvalue weighted by Crippen LogP contribution is 2.32. The molecule has 1 aliphatic carbocycles. The molecule has 1 saturated carbocycles. The van der Waals surface area contributed by atoms with Gasteiger partial charge in [-0.15, -0.1) is 0 Å². The van der Waals surface area contributed by atoms with E-state index >= 15 is 0 Å². The van der Waals surface area contributed by atoms with E-state index < -0.39 is 5.91 Å². The molecule has 1 fully saturated rings. The van der Waals surface area contributed by atoms with Crippen molar-refractivity contribution in [3.05, 3.63) is 23.8 Å². The summed E-state index contributed by atoms with van der Waals surface area (Å²) < 4.78 is 0. The minimum atomic E-state index is -0.394. The van der Waals surface area contributed by atoms with E-state index in [1.807, 2.05) is 6.07 Å². The van der Waals surface area contributed by atoms with E-state index in [0.717, 1.165) is 24.7 Å². The number of hydrogen-bond acceptors (Lipinski definition) is 3. The van der Waals surface area contributed by atoms with Gasteiger partial charge in [-0.3, -0.25) is 4.79 Å². The highest BCUT2D eigenvalue weighted by molar-refractivity contribution is 5.99. The summed E-state index contributed by atoms with van der Waals surface area (Å²) in [6.45, 7) is 3.93. The lowest BCUT2D eigenvalue weighted by Gasteiger charge is -2.25. The largest absolute Gasteiger partial charge is 0.399 e. The van der Waals surface area contributed by atoms with Gasteiger partial charge in [0, 0.05) is 18.8 Å². The first-order valence-electron chi connectivity index (χ1n) is 6.06. The third-order valence-electron chi connectivity index (χ3n) is 3.19. The maximum absolute atomic E-state index is 11.4. The lowest BCUT2D eigenvalue weighted by Crippen LogP contribution is -2.28. The topological polar surface area (TPSA) is 72.3 Å². The Bertz CT molecular complexity index is 427. The molecule has 0 unspecified atom stereocenters. The van der Waals surface area contributed by atoms with Crippen LogP contribution in [-0.2, 0) is 0 Å². The molecule has 0 radical (unpaired) electrons. The van der Waals surface area contributed by atoms with Gasteiger partial charge in [0.05, 0.1) is 11.3 Å². The van der Waals surface area contributed by atoms with Crippen LogP contribution in [-0.4, -0.2) is 19.0 Å². The Labute approximate surface area is 102 Å². The summed E-state index contributed by atoms with van der Waals surface area (Å²) in [5, 5.41) is 0. The number of anilines is 2. The second-order valence-corrected chi connectivity index (χ2v) is 4.62. The van der Waals surface area contributed by atoms with Crippen LogP contribution in [0.5, 0.6) is 0 Å². The van der Waals surface area contributed by atoms with Crippen molar-refractivity contribution in [3.8, 4) is 0 Å². The van der Waals surface area contributed by atoms with Crippen LogP contribution >= 0.6 is 0 Å². The van der Waals surface area contributed by atoms with E-state index in [0.29, 0.717) is 11.3 Å². The van der Waals surface area contributed by atoms with Crippen LogP contribution in [0.15, 0.2) is 18.2 Å². The summed E-state index contributed by atoms with van der Waals surface area (Å²) in [5.74, 6) is 0.367. The molecule has 1 aliphatic rings. The van der Waals surface area contributed by atoms with Crippen molar-refractivity contribution in [2.24, 2.45) is 11.7 Å². The van der Waals surface area contributed by atoms with Gasteiger partial charge < -0.3 is 16.4 Å². The fraction of sp³-hybridized carbons (Fsp3) is 0.462. The van der Waals surface area contributed by atoms with Crippen LogP contribution in [0, 0.1) is 5.92 Å². The molecule has 0 aromatic heterocycles. The zero-order valence-corrected chi connectivity index (χ0v) is 10.1. The Morgan fingerprint density at radius 1 is 1.47 bits per heavy atom. The van der Waals surface area contributed by atoms with Gasteiger partial charge in [0.15, 0.2) is 0 Å². The van der Waals surface area contributed by atoms with E-state index in [9.17, 15) is 4.79 Å². The van der Waals surface area contributed by atoms with Crippen molar-refractivity contribution in [2.75, 3.05) is 23.7 Å². The lowest BCUT2D eigenvalue weighted by molar-refractivity contribution is 0.100. The number of rotatable bonds is 5. The number of benzene rings is 1. The summed E-state index contributed by atoms with van der Waals surface area (Å²) in [5.41, 5.74) is 13.3. The molecule has 0 aliphatic heterocycles. The Kier molecular flexibility index (Phi) is 3.22. The number of nitrogens with two attached hydrogens (primary N) is 2. The van der Waals surface area contributed by atoms with Gasteiger partial charge in [-0.2, -0.15) is 0 Å². The first-order valence-corrected chi connectivity index (χ1v) is 6.06. The molecule has 0 spiro atoms. The van der Waals surface area contributed by atoms with Crippen LogP contribution < -0.4 is 16.4 Å². The SMILES string of the molecule is CCN(CC1CC1)c1cc(N)ccc1C(N)=O. The van der Waals surface area contributed by atoms with E-state index in [1.54, 1.807) is 12.1 Å². The predicted molar refractivity (Wildman–Crippen MR) is 70.0 cm³/mol. The standard InChI is InChI=1S/C13H19N3O/c1-2-16(8-9-3-4-9)12-7-10(14)5-6-11(12)13(15)17/h5-7,9H,2-4,8,14H2,1H3,(H2,15,17). The smallest absolute Gasteiger partial charge is 0.250 e. The molecule has 2 rings (SSSR count). The van der Waals surface area contributed by atoms with Gasteiger partial charge in [0.1, 0.15) is 0 Å². The summed E-state index contributed by atoms with van der Waals surface area (Å²) in [4.78, 5) is 13.6. The number of nitrogens with zero attached hydrogens (tertiary/aromatic N) is 1. The molecule has 0 bridgehead atoms. The van der Waals surface area contributed by atoms with Gasteiger partial charge in [0.2, 0.25) is 0 Å². The average molecular weight is 233 g/mol. The molecular weight excluding hydrogens is 214 g/mol. The van der Waals surface area contributed by atoms with Gasteiger partial charge in [-0.05, 0) is 43.9 Å². The van der Waals surface area contributed by atoms with Crippen molar-refractivity contribution >= 4 is 17.3 Å². The van der Waals surface area contributed by atoms with E-state index in [1.165, 1.54) is 12.8 Å². The molecular formula is C13H19N3O. The fourth-order valence-corrected chi connectivity index (χ4v) is 2.03. The molecule has 4 heteroatoms. The van der Waals surface area contributed by atoms with Crippen LogP contribution in [0.2, 0.25) is 0 Å². The number of amides is 1. The van der Waals surface area contributed by atoms with Crippen molar-refractivity contribution in [2.45, 2.75) is 19.8 Å². The monoisotopic (exact) mass is 233 g/mol. The number of carbonyl (C=O) groups excluding carboxylic acids is 1. The normalized spacial score (nSPS) is 14.6. The van der Waals surface area contributed by atoms with Crippen molar-refractivity contribution < 1.29 is 4.79 Å². The van der Waals surface area contributed by atoms with E-state index in [2.05, 4.69) is 11.8 Å². The molecule has 17 heavy (non-hydrogen) atoms. The third-order valence-corrected chi connectivity index (χ3v) is 3.19. The lowest BCUT2D eigenvalue weighted by atomic mass is 10.1. The molecule has 4 N–H and O–H groups in total. The number of primary amides is 1. The van der Waals surface area contributed by atoms with E-state index in [4.69, 9.17) is 11.5 Å². The van der Waals surface area contributed by atoms with Crippen LogP contribution in [0.3, 0.4) is 0 Å². The Morgan fingerprint density at radius 3 is 2.71 bits per heavy atom. The highest BCUT2D eigenvalue weighted by Gasteiger charge is 2.25. The molecule has 0 saturated heterocycles. The first kappa shape index (κ1) is 11.8. The minimum Gasteiger partial charge on any atom is -0.399 e. The molecule has 0 heterocycles. The van der Waals surface area contributed by atoms with Gasteiger partial charge in [0.25, 0.3) is 5.91 Å². The average Bonchev–Trinajstić information content (AvgIpc) is 3.09. The zero-order valence-electron chi connectivity index (χ0n) is 10.1. The van der Waals surface area contributed by atoms with Crippen molar-refractivity contribution in [1.82, 2.24) is 0 Å². The van der Waals surface area contributed by atoms with Crippen LogP contribution in [0.25, 0.3) is 0 Å². The van der Waals surface area contributed by atoms with Gasteiger partial charge >= 0.3 is 0 Å².